The van der Waals surface area contributed by atoms with E-state index in [2.05, 4.69) is 64.3 Å². The van der Waals surface area contributed by atoms with Crippen molar-refractivity contribution in [3.63, 3.8) is 0 Å². The predicted octanol–water partition coefficient (Wildman–Crippen LogP) is 4.70. The molecule has 4 aromatic rings. The molecule has 10 heteroatoms. The van der Waals surface area contributed by atoms with Gasteiger partial charge in [-0.2, -0.15) is 5.10 Å². The van der Waals surface area contributed by atoms with Crippen molar-refractivity contribution in [2.45, 2.75) is 39.7 Å². The van der Waals surface area contributed by atoms with Crippen molar-refractivity contribution >= 4 is 28.1 Å². The van der Waals surface area contributed by atoms with Gasteiger partial charge in [-0.15, -0.1) is 0 Å². The lowest BCUT2D eigenvalue weighted by molar-refractivity contribution is -0.490. The zero-order chi connectivity index (χ0) is 25.6. The van der Waals surface area contributed by atoms with Gasteiger partial charge in [0.1, 0.15) is 11.6 Å². The lowest BCUT2D eigenvalue weighted by Crippen LogP contribution is -2.57. The van der Waals surface area contributed by atoms with Gasteiger partial charge >= 0.3 is 0 Å². The summed E-state index contributed by atoms with van der Waals surface area (Å²) in [4.78, 5) is 26.8. The van der Waals surface area contributed by atoms with Crippen LogP contribution in [-0.4, -0.2) is 48.8 Å². The Morgan fingerprint density at radius 1 is 1.19 bits per heavy atom. The van der Waals surface area contributed by atoms with Gasteiger partial charge in [-0.25, -0.2) is 15.0 Å². The smallest absolute Gasteiger partial charge is 0.210 e. The second-order valence-electron chi connectivity index (χ2n) is 9.80. The van der Waals surface area contributed by atoms with Crippen molar-refractivity contribution in [1.82, 2.24) is 24.7 Å². The quantitative estimate of drug-likeness (QED) is 0.295. The van der Waals surface area contributed by atoms with Crippen LogP contribution < -0.4 is 10.2 Å². The Balaban J connectivity index is 1.47. The maximum absolute atomic E-state index is 11.0. The van der Waals surface area contributed by atoms with Gasteiger partial charge in [0, 0.05) is 54.2 Å². The summed E-state index contributed by atoms with van der Waals surface area (Å²) in [6.07, 6.45) is 5.52. The van der Waals surface area contributed by atoms with Crippen LogP contribution in [0.4, 0.5) is 17.3 Å². The fourth-order valence-electron chi connectivity index (χ4n) is 4.98. The summed E-state index contributed by atoms with van der Waals surface area (Å²) in [5, 5.41) is 20.9. The largest absolute Gasteiger partial charge is 0.367 e. The highest BCUT2D eigenvalue weighted by molar-refractivity contribution is 5.98. The molecule has 1 fully saturated rings. The normalized spacial score (nSPS) is 17.4. The Kier molecular flexibility index (Phi) is 6.03. The molecule has 1 saturated heterocycles. The number of aryl methyl sites for hydroxylation is 2. The number of pyridine rings is 1. The zero-order valence-corrected chi connectivity index (χ0v) is 21.1. The fraction of sp³-hybridized carbons (Fsp3) is 0.385. The highest BCUT2D eigenvalue weighted by atomic mass is 16.6. The van der Waals surface area contributed by atoms with Crippen LogP contribution in [0.25, 0.3) is 22.2 Å². The first-order chi connectivity index (χ1) is 17.2. The standard InChI is InChI=1S/C26H30N8O2/c1-15(2)19-6-7-23(33-12-18(17(33)4)13-34(35)36)21-11-28-25(10-20(19)21)29-24-8-9-27-26(30-24)22-14-32(5)31-16(22)3/h6-11,14-15,17-18H,12-13H2,1-5H3,(H,27,28,29,30)/t17-,18-/m1/s1. The minimum Gasteiger partial charge on any atom is -0.367 e. The molecule has 0 unspecified atom stereocenters. The van der Waals surface area contributed by atoms with Gasteiger partial charge < -0.3 is 10.2 Å². The molecule has 10 nitrogen and oxygen atoms in total. The number of hydrogen-bond acceptors (Lipinski definition) is 8. The van der Waals surface area contributed by atoms with Crippen molar-refractivity contribution in [1.29, 1.82) is 0 Å². The first-order valence-corrected chi connectivity index (χ1v) is 12.1. The molecule has 1 aliphatic heterocycles. The molecule has 0 bridgehead atoms. The van der Waals surface area contributed by atoms with Gasteiger partial charge in [-0.1, -0.05) is 19.9 Å². The van der Waals surface area contributed by atoms with Crippen molar-refractivity contribution in [2.24, 2.45) is 13.0 Å². The molecule has 1 aliphatic rings. The van der Waals surface area contributed by atoms with Crippen LogP contribution in [0.5, 0.6) is 0 Å². The number of nitrogens with zero attached hydrogens (tertiary/aromatic N) is 7. The summed E-state index contributed by atoms with van der Waals surface area (Å²) < 4.78 is 1.75. The molecule has 0 spiro atoms. The Bertz CT molecular complexity index is 1450. The topological polar surface area (TPSA) is 115 Å². The highest BCUT2D eigenvalue weighted by Crippen LogP contribution is 2.39. The molecule has 3 aromatic heterocycles. The summed E-state index contributed by atoms with van der Waals surface area (Å²) in [7, 11) is 1.88. The number of benzene rings is 1. The maximum Gasteiger partial charge on any atom is 0.210 e. The van der Waals surface area contributed by atoms with Gasteiger partial charge in [-0.05, 0) is 48.9 Å². The third-order valence-corrected chi connectivity index (χ3v) is 7.00. The van der Waals surface area contributed by atoms with Crippen LogP contribution in [0.15, 0.2) is 42.9 Å². The maximum atomic E-state index is 11.0. The average molecular weight is 487 g/mol. The van der Waals surface area contributed by atoms with Gasteiger partial charge in [0.2, 0.25) is 6.54 Å². The number of nitrogens with one attached hydrogen (secondary N) is 1. The average Bonchev–Trinajstić information content (AvgIpc) is 3.18. The summed E-state index contributed by atoms with van der Waals surface area (Å²) >= 11 is 0. The van der Waals surface area contributed by atoms with Gasteiger partial charge in [0.15, 0.2) is 5.82 Å². The summed E-state index contributed by atoms with van der Waals surface area (Å²) in [5.41, 5.74) is 4.05. The molecule has 2 atom stereocenters. The highest BCUT2D eigenvalue weighted by Gasteiger charge is 2.39. The first kappa shape index (κ1) is 23.7. The molecule has 0 saturated carbocycles. The molecule has 4 heterocycles. The first-order valence-electron chi connectivity index (χ1n) is 12.1. The Labute approximate surface area is 209 Å². The van der Waals surface area contributed by atoms with E-state index >= 15 is 0 Å². The molecule has 36 heavy (non-hydrogen) atoms. The Morgan fingerprint density at radius 2 is 2.00 bits per heavy atom. The molecule has 5 rings (SSSR count). The van der Waals surface area contributed by atoms with Crippen LogP contribution in [0, 0.1) is 23.0 Å². The molecule has 0 amide bonds. The van der Waals surface area contributed by atoms with Crippen LogP contribution in [0.1, 0.15) is 37.9 Å². The Hall–Kier alpha value is -4.08. The van der Waals surface area contributed by atoms with E-state index in [1.54, 1.807) is 10.9 Å². The molecule has 0 aliphatic carbocycles. The lowest BCUT2D eigenvalue weighted by Gasteiger charge is -2.46. The Morgan fingerprint density at radius 3 is 2.67 bits per heavy atom. The molecule has 186 valence electrons. The van der Waals surface area contributed by atoms with E-state index < -0.39 is 0 Å². The lowest BCUT2D eigenvalue weighted by atomic mass is 9.87. The van der Waals surface area contributed by atoms with E-state index in [-0.39, 0.29) is 23.4 Å². The van der Waals surface area contributed by atoms with E-state index in [9.17, 15) is 10.1 Å². The fourth-order valence-corrected chi connectivity index (χ4v) is 4.98. The zero-order valence-electron chi connectivity index (χ0n) is 21.1. The molecular formula is C26H30N8O2. The summed E-state index contributed by atoms with van der Waals surface area (Å²) in [6, 6.07) is 8.27. The third kappa shape index (κ3) is 4.34. The number of aromatic nitrogens is 5. The van der Waals surface area contributed by atoms with E-state index in [1.165, 1.54) is 5.56 Å². The van der Waals surface area contributed by atoms with E-state index in [1.807, 2.05) is 32.4 Å². The number of nitro groups is 1. The van der Waals surface area contributed by atoms with Gasteiger partial charge in [0.25, 0.3) is 0 Å². The van der Waals surface area contributed by atoms with Crippen molar-refractivity contribution in [3.8, 4) is 11.4 Å². The minimum absolute atomic E-state index is 0.00544. The van der Waals surface area contributed by atoms with E-state index in [0.717, 1.165) is 27.7 Å². The van der Waals surface area contributed by atoms with Crippen molar-refractivity contribution < 1.29 is 4.92 Å². The molecule has 1 aromatic carbocycles. The summed E-state index contributed by atoms with van der Waals surface area (Å²) in [5.74, 6) is 2.33. The molecule has 0 radical (unpaired) electrons. The number of fused-ring (bicyclic) bond motifs is 1. The minimum atomic E-state index is -0.216. The summed E-state index contributed by atoms with van der Waals surface area (Å²) in [6.45, 7) is 9.02. The van der Waals surface area contributed by atoms with Crippen LogP contribution in [0.3, 0.4) is 0 Å². The number of anilines is 3. The SMILES string of the molecule is Cc1nn(C)cc1-c1nccc(Nc2cc3c(C(C)C)ccc(N4C[C@H](C[N+](=O)[O-])[C@H]4C)c3cn2)n1. The third-order valence-electron chi connectivity index (χ3n) is 7.00. The van der Waals surface area contributed by atoms with Crippen LogP contribution >= 0.6 is 0 Å². The van der Waals surface area contributed by atoms with E-state index in [4.69, 9.17) is 4.98 Å². The molecule has 1 N–H and O–H groups in total. The predicted molar refractivity (Wildman–Crippen MR) is 140 cm³/mol. The number of rotatable bonds is 7. The second-order valence-corrected chi connectivity index (χ2v) is 9.80. The van der Waals surface area contributed by atoms with Gasteiger partial charge in [-0.3, -0.25) is 14.8 Å². The number of hydrogen-bond donors (Lipinski definition) is 1. The van der Waals surface area contributed by atoms with E-state index in [0.29, 0.717) is 29.9 Å². The monoisotopic (exact) mass is 486 g/mol. The molecular weight excluding hydrogens is 456 g/mol. The van der Waals surface area contributed by atoms with Crippen molar-refractivity contribution in [3.05, 3.63) is 64.2 Å². The van der Waals surface area contributed by atoms with Crippen LogP contribution in [-0.2, 0) is 7.05 Å². The van der Waals surface area contributed by atoms with Gasteiger partial charge in [0.05, 0.1) is 17.2 Å². The second kappa shape index (κ2) is 9.18. The van der Waals surface area contributed by atoms with Crippen LogP contribution in [0.2, 0.25) is 0 Å². The van der Waals surface area contributed by atoms with Crippen molar-refractivity contribution in [2.75, 3.05) is 23.3 Å².